The maximum Gasteiger partial charge on any atom is 0.131 e. The molecular weight excluding hydrogens is 356 g/mol. The molecule has 1 aliphatic carbocycles. The third kappa shape index (κ3) is 3.88. The Hall–Kier alpha value is -2.42. The lowest BCUT2D eigenvalue weighted by atomic mass is 9.68. The molecule has 154 valence electrons. The van der Waals surface area contributed by atoms with Gasteiger partial charge in [0.25, 0.3) is 0 Å². The summed E-state index contributed by atoms with van der Waals surface area (Å²) in [6, 6.07) is 14.7. The van der Waals surface area contributed by atoms with Crippen LogP contribution in [0.5, 0.6) is 0 Å². The highest BCUT2D eigenvalue weighted by molar-refractivity contribution is 6.48. The van der Waals surface area contributed by atoms with Gasteiger partial charge in [-0.2, -0.15) is 0 Å². The average molecular weight is 391 g/mol. The van der Waals surface area contributed by atoms with Crippen LogP contribution in [0.15, 0.2) is 52.6 Å². The van der Waals surface area contributed by atoms with Gasteiger partial charge in [-0.3, -0.25) is 4.99 Å². The van der Waals surface area contributed by atoms with Crippen molar-refractivity contribution in [3.05, 3.63) is 64.7 Å². The molecule has 0 spiro atoms. The molecule has 1 aliphatic rings. The van der Waals surface area contributed by atoms with Crippen molar-refractivity contribution in [3.8, 4) is 0 Å². The first kappa shape index (κ1) is 21.3. The van der Waals surface area contributed by atoms with Crippen LogP contribution in [0.1, 0.15) is 69.2 Å². The normalized spacial score (nSPS) is 25.4. The van der Waals surface area contributed by atoms with E-state index in [9.17, 15) is 5.21 Å². The van der Waals surface area contributed by atoms with Gasteiger partial charge in [0, 0.05) is 5.56 Å². The van der Waals surface area contributed by atoms with Crippen molar-refractivity contribution in [2.45, 2.75) is 66.2 Å². The molecule has 2 aromatic carbocycles. The minimum atomic E-state index is 0.185. The molecule has 0 saturated heterocycles. The molecule has 3 heteroatoms. The van der Waals surface area contributed by atoms with Crippen molar-refractivity contribution in [1.29, 1.82) is 0 Å². The Morgan fingerprint density at radius 2 is 1.83 bits per heavy atom. The second kappa shape index (κ2) is 8.52. The summed E-state index contributed by atoms with van der Waals surface area (Å²) in [5.74, 6) is 1.37. The smallest absolute Gasteiger partial charge is 0.131 e. The first-order valence-corrected chi connectivity index (χ1v) is 10.8. The van der Waals surface area contributed by atoms with E-state index in [1.807, 2.05) is 38.1 Å². The molecule has 0 bridgehead atoms. The number of hydrogen-bond donors (Lipinski definition) is 1. The van der Waals surface area contributed by atoms with Gasteiger partial charge >= 0.3 is 0 Å². The Balaban J connectivity index is 2.03. The highest BCUT2D eigenvalue weighted by Crippen LogP contribution is 2.51. The Morgan fingerprint density at radius 3 is 2.48 bits per heavy atom. The molecule has 0 heterocycles. The summed E-state index contributed by atoms with van der Waals surface area (Å²) in [4.78, 5) is 4.91. The van der Waals surface area contributed by atoms with E-state index in [0.717, 1.165) is 28.1 Å². The van der Waals surface area contributed by atoms with Crippen LogP contribution in [0.3, 0.4) is 0 Å². The van der Waals surface area contributed by atoms with Crippen LogP contribution in [0.2, 0.25) is 0 Å². The van der Waals surface area contributed by atoms with Gasteiger partial charge in [0.05, 0.1) is 11.4 Å². The van der Waals surface area contributed by atoms with E-state index in [2.05, 4.69) is 51.0 Å². The van der Waals surface area contributed by atoms with Crippen LogP contribution in [0, 0.1) is 25.7 Å². The van der Waals surface area contributed by atoms with E-state index in [4.69, 9.17) is 4.99 Å². The molecular formula is C26H34N2O. The Kier molecular flexibility index (Phi) is 6.26. The summed E-state index contributed by atoms with van der Waals surface area (Å²) in [6.07, 6.45) is 3.80. The van der Waals surface area contributed by atoms with Gasteiger partial charge in [0.1, 0.15) is 5.71 Å². The van der Waals surface area contributed by atoms with Gasteiger partial charge in [0.2, 0.25) is 0 Å². The molecule has 0 amide bonds. The highest BCUT2D eigenvalue weighted by Gasteiger charge is 2.44. The zero-order chi connectivity index (χ0) is 21.2. The molecule has 1 fully saturated rings. The topological polar surface area (TPSA) is 45.0 Å². The van der Waals surface area contributed by atoms with Crippen LogP contribution in [0.25, 0.3) is 0 Å². The minimum Gasteiger partial charge on any atom is -0.410 e. The fraction of sp³-hybridized carbons (Fsp3) is 0.462. The summed E-state index contributed by atoms with van der Waals surface area (Å²) in [6.45, 7) is 13.2. The van der Waals surface area contributed by atoms with E-state index in [-0.39, 0.29) is 5.41 Å². The molecule has 2 aromatic rings. The number of oxime groups is 1. The van der Waals surface area contributed by atoms with E-state index in [1.54, 1.807) is 0 Å². The summed E-state index contributed by atoms with van der Waals surface area (Å²) < 4.78 is 0. The van der Waals surface area contributed by atoms with Crippen LogP contribution < -0.4 is 0 Å². The standard InChI is InChI=1S/C26H34N2O/c1-7-21-15-13-19(4)26(21,6)22-14-12-18(3)24(16-22)27-20(5)25(28-29)23-11-9-8-10-17(23)2/h8-12,14,16,19,21,29H,7,13,15H2,1-6H3/b27-20+,28-25+. The van der Waals surface area contributed by atoms with Crippen molar-refractivity contribution in [2.75, 3.05) is 0 Å². The fourth-order valence-electron chi connectivity index (χ4n) is 5.06. The number of aliphatic imine (C=N–C) groups is 1. The monoisotopic (exact) mass is 390 g/mol. The predicted molar refractivity (Wildman–Crippen MR) is 123 cm³/mol. The molecule has 3 nitrogen and oxygen atoms in total. The number of aryl methyl sites for hydroxylation is 2. The quantitative estimate of drug-likeness (QED) is 0.334. The van der Waals surface area contributed by atoms with Crippen molar-refractivity contribution >= 4 is 17.1 Å². The van der Waals surface area contributed by atoms with E-state index in [1.165, 1.54) is 24.8 Å². The molecule has 29 heavy (non-hydrogen) atoms. The van der Waals surface area contributed by atoms with Crippen LogP contribution in [-0.4, -0.2) is 16.6 Å². The van der Waals surface area contributed by atoms with E-state index >= 15 is 0 Å². The Bertz CT molecular complexity index is 943. The number of rotatable bonds is 5. The second-order valence-corrected chi connectivity index (χ2v) is 8.83. The molecule has 1 N–H and O–H groups in total. The summed E-state index contributed by atoms with van der Waals surface area (Å²) >= 11 is 0. The van der Waals surface area contributed by atoms with Gasteiger partial charge < -0.3 is 5.21 Å². The molecule has 3 rings (SSSR count). The first-order chi connectivity index (χ1) is 13.8. The third-order valence-corrected chi connectivity index (χ3v) is 7.27. The van der Waals surface area contributed by atoms with Gasteiger partial charge in [-0.25, -0.2) is 0 Å². The van der Waals surface area contributed by atoms with Crippen molar-refractivity contribution in [2.24, 2.45) is 22.0 Å². The summed E-state index contributed by atoms with van der Waals surface area (Å²) in [5.41, 5.74) is 6.89. The lowest BCUT2D eigenvalue weighted by Gasteiger charge is -2.36. The van der Waals surface area contributed by atoms with Gasteiger partial charge in [0.15, 0.2) is 0 Å². The van der Waals surface area contributed by atoms with Gasteiger partial charge in [-0.15, -0.1) is 0 Å². The van der Waals surface area contributed by atoms with Crippen LogP contribution in [-0.2, 0) is 5.41 Å². The highest BCUT2D eigenvalue weighted by atomic mass is 16.4. The molecule has 0 aromatic heterocycles. The van der Waals surface area contributed by atoms with E-state index < -0.39 is 0 Å². The molecule has 0 aliphatic heterocycles. The molecule has 0 radical (unpaired) electrons. The van der Waals surface area contributed by atoms with Crippen LogP contribution >= 0.6 is 0 Å². The van der Waals surface area contributed by atoms with Gasteiger partial charge in [-0.1, -0.05) is 68.7 Å². The average Bonchev–Trinajstić information content (AvgIpc) is 3.00. The fourth-order valence-corrected chi connectivity index (χ4v) is 5.06. The Labute approximate surface area is 175 Å². The SMILES string of the molecule is CCC1CCC(C)C1(C)c1ccc(C)c(/N=C(C)/C(=N\O)c2ccccc2C)c1. The zero-order valence-corrected chi connectivity index (χ0v) is 18.7. The Morgan fingerprint density at radius 1 is 1.10 bits per heavy atom. The molecule has 3 unspecified atom stereocenters. The molecule has 1 saturated carbocycles. The third-order valence-electron chi connectivity index (χ3n) is 7.27. The summed E-state index contributed by atoms with van der Waals surface area (Å²) in [5, 5.41) is 13.3. The first-order valence-electron chi connectivity index (χ1n) is 10.8. The van der Waals surface area contributed by atoms with Crippen molar-refractivity contribution in [3.63, 3.8) is 0 Å². The maximum absolute atomic E-state index is 9.70. The second-order valence-electron chi connectivity index (χ2n) is 8.83. The molecule has 3 atom stereocenters. The number of hydrogen-bond acceptors (Lipinski definition) is 3. The maximum atomic E-state index is 9.70. The van der Waals surface area contributed by atoms with E-state index in [0.29, 0.717) is 17.5 Å². The largest absolute Gasteiger partial charge is 0.410 e. The zero-order valence-electron chi connectivity index (χ0n) is 18.7. The number of benzene rings is 2. The lowest BCUT2D eigenvalue weighted by molar-refractivity contribution is 0.275. The number of nitrogens with zero attached hydrogens (tertiary/aromatic N) is 2. The lowest BCUT2D eigenvalue weighted by Crippen LogP contribution is -2.32. The van der Waals surface area contributed by atoms with Gasteiger partial charge in [-0.05, 0) is 73.6 Å². The summed E-state index contributed by atoms with van der Waals surface area (Å²) in [7, 11) is 0. The predicted octanol–water partition coefficient (Wildman–Crippen LogP) is 6.99. The minimum absolute atomic E-state index is 0.185. The van der Waals surface area contributed by atoms with Crippen molar-refractivity contribution < 1.29 is 5.21 Å². The van der Waals surface area contributed by atoms with Crippen LogP contribution in [0.4, 0.5) is 5.69 Å². The van der Waals surface area contributed by atoms with Crippen molar-refractivity contribution in [1.82, 2.24) is 0 Å².